The van der Waals surface area contributed by atoms with E-state index in [1.54, 1.807) is 6.20 Å². The molecule has 1 N–H and O–H groups in total. The quantitative estimate of drug-likeness (QED) is 0.631. The minimum absolute atomic E-state index is 0.265. The van der Waals surface area contributed by atoms with Crippen molar-refractivity contribution in [2.24, 2.45) is 0 Å². The van der Waals surface area contributed by atoms with Crippen LogP contribution in [0, 0.1) is 0 Å². The van der Waals surface area contributed by atoms with Crippen LogP contribution in [0.2, 0.25) is 0 Å². The SMILES string of the molecule is O=c1[nH]c(-c2ccc(C(F)(F)F)cc2)nc2c1CN(Cc1ccc(Br)cn1)CC2. The highest BCUT2D eigenvalue weighted by Crippen LogP contribution is 2.30. The van der Waals surface area contributed by atoms with Gasteiger partial charge < -0.3 is 4.98 Å². The molecule has 5 nitrogen and oxygen atoms in total. The molecule has 150 valence electrons. The largest absolute Gasteiger partial charge is 0.416 e. The number of alkyl halides is 3. The van der Waals surface area contributed by atoms with Crippen molar-refractivity contribution in [1.29, 1.82) is 0 Å². The number of rotatable bonds is 3. The highest BCUT2D eigenvalue weighted by Gasteiger charge is 2.30. The van der Waals surface area contributed by atoms with Gasteiger partial charge in [0.2, 0.25) is 0 Å². The van der Waals surface area contributed by atoms with Crippen LogP contribution in [0.1, 0.15) is 22.5 Å². The number of fused-ring (bicyclic) bond motifs is 1. The average Bonchev–Trinajstić information content (AvgIpc) is 2.69. The minimum atomic E-state index is -4.40. The standard InChI is InChI=1S/C20H16BrF3N4O/c21-14-5-6-15(25-9-14)10-28-8-7-17-16(11-28)19(29)27-18(26-17)12-1-3-13(4-2-12)20(22,23)24/h1-6,9H,7-8,10-11H2,(H,26,27,29). The lowest BCUT2D eigenvalue weighted by Gasteiger charge is -2.27. The van der Waals surface area contributed by atoms with Crippen molar-refractivity contribution >= 4 is 15.9 Å². The lowest BCUT2D eigenvalue weighted by molar-refractivity contribution is -0.137. The Labute approximate surface area is 172 Å². The molecule has 1 aliphatic rings. The lowest BCUT2D eigenvalue weighted by Crippen LogP contribution is -2.35. The number of pyridine rings is 1. The van der Waals surface area contributed by atoms with E-state index >= 15 is 0 Å². The summed E-state index contributed by atoms with van der Waals surface area (Å²) >= 11 is 3.36. The average molecular weight is 465 g/mol. The Hall–Kier alpha value is -2.52. The van der Waals surface area contributed by atoms with Gasteiger partial charge in [0.1, 0.15) is 5.82 Å². The highest BCUT2D eigenvalue weighted by molar-refractivity contribution is 9.10. The molecule has 0 radical (unpaired) electrons. The van der Waals surface area contributed by atoms with E-state index < -0.39 is 11.7 Å². The molecule has 9 heteroatoms. The van der Waals surface area contributed by atoms with E-state index in [-0.39, 0.29) is 11.4 Å². The van der Waals surface area contributed by atoms with Crippen LogP contribution in [-0.2, 0) is 25.7 Å². The van der Waals surface area contributed by atoms with Crippen LogP contribution >= 0.6 is 15.9 Å². The number of nitrogens with zero attached hydrogens (tertiary/aromatic N) is 3. The number of aromatic amines is 1. The van der Waals surface area contributed by atoms with Gasteiger partial charge in [0.15, 0.2) is 0 Å². The van der Waals surface area contributed by atoms with Gasteiger partial charge in [0, 0.05) is 42.3 Å². The fourth-order valence-corrected chi connectivity index (χ4v) is 3.53. The molecular weight excluding hydrogens is 449 g/mol. The Kier molecular flexibility index (Phi) is 5.26. The highest BCUT2D eigenvalue weighted by atomic mass is 79.9. The third kappa shape index (κ3) is 4.40. The van der Waals surface area contributed by atoms with Crippen LogP contribution in [0.15, 0.2) is 51.9 Å². The summed E-state index contributed by atoms with van der Waals surface area (Å²) in [4.78, 5) is 26.3. The van der Waals surface area contributed by atoms with E-state index in [1.807, 2.05) is 12.1 Å². The first-order chi connectivity index (χ1) is 13.8. The van der Waals surface area contributed by atoms with E-state index in [2.05, 4.69) is 35.8 Å². The third-order valence-corrected chi connectivity index (χ3v) is 5.28. The minimum Gasteiger partial charge on any atom is -0.306 e. The van der Waals surface area contributed by atoms with E-state index in [0.29, 0.717) is 42.9 Å². The smallest absolute Gasteiger partial charge is 0.306 e. The molecule has 3 aromatic rings. The molecule has 1 aromatic carbocycles. The molecule has 0 unspecified atom stereocenters. The van der Waals surface area contributed by atoms with Gasteiger partial charge >= 0.3 is 6.18 Å². The molecular formula is C20H16BrF3N4O. The van der Waals surface area contributed by atoms with Gasteiger partial charge in [-0.1, -0.05) is 12.1 Å². The summed E-state index contributed by atoms with van der Waals surface area (Å²) in [6.45, 7) is 1.78. The van der Waals surface area contributed by atoms with Gasteiger partial charge in [-0.3, -0.25) is 14.7 Å². The number of H-pyrrole nitrogens is 1. The van der Waals surface area contributed by atoms with Crippen molar-refractivity contribution in [3.63, 3.8) is 0 Å². The Morgan fingerprint density at radius 3 is 2.55 bits per heavy atom. The van der Waals surface area contributed by atoms with Gasteiger partial charge in [-0.2, -0.15) is 13.2 Å². The van der Waals surface area contributed by atoms with Crippen molar-refractivity contribution in [3.8, 4) is 11.4 Å². The maximum Gasteiger partial charge on any atom is 0.416 e. The van der Waals surface area contributed by atoms with Crippen molar-refractivity contribution in [1.82, 2.24) is 19.9 Å². The molecule has 0 spiro atoms. The van der Waals surface area contributed by atoms with E-state index in [1.165, 1.54) is 12.1 Å². The second-order valence-corrected chi connectivity index (χ2v) is 7.76. The topological polar surface area (TPSA) is 61.9 Å². The zero-order valence-corrected chi connectivity index (χ0v) is 16.7. The Morgan fingerprint density at radius 1 is 1.14 bits per heavy atom. The Morgan fingerprint density at radius 2 is 1.90 bits per heavy atom. The van der Waals surface area contributed by atoms with Crippen molar-refractivity contribution < 1.29 is 13.2 Å². The van der Waals surface area contributed by atoms with Gasteiger partial charge in [0.25, 0.3) is 5.56 Å². The molecule has 0 saturated carbocycles. The molecule has 29 heavy (non-hydrogen) atoms. The fraction of sp³-hybridized carbons (Fsp3) is 0.250. The molecule has 2 aromatic heterocycles. The van der Waals surface area contributed by atoms with Crippen LogP contribution in [0.4, 0.5) is 13.2 Å². The predicted molar refractivity (Wildman–Crippen MR) is 105 cm³/mol. The Bertz CT molecular complexity index is 1080. The number of halogens is 4. The maximum atomic E-state index is 12.7. The molecule has 1 aliphatic heterocycles. The number of hydrogen-bond acceptors (Lipinski definition) is 4. The first kappa shape index (κ1) is 19.8. The number of hydrogen-bond donors (Lipinski definition) is 1. The van der Waals surface area contributed by atoms with Crippen LogP contribution in [0.25, 0.3) is 11.4 Å². The first-order valence-electron chi connectivity index (χ1n) is 8.92. The molecule has 0 amide bonds. The summed E-state index contributed by atoms with van der Waals surface area (Å²) in [6.07, 6.45) is -2.08. The number of benzene rings is 1. The monoisotopic (exact) mass is 464 g/mol. The Balaban J connectivity index is 1.55. The van der Waals surface area contributed by atoms with Crippen LogP contribution in [0.5, 0.6) is 0 Å². The lowest BCUT2D eigenvalue weighted by atomic mass is 10.1. The predicted octanol–water partition coefficient (Wildman–Crippen LogP) is 4.17. The molecule has 0 bridgehead atoms. The van der Waals surface area contributed by atoms with Gasteiger partial charge in [-0.25, -0.2) is 4.98 Å². The van der Waals surface area contributed by atoms with Crippen molar-refractivity contribution in [2.45, 2.75) is 25.7 Å². The van der Waals surface area contributed by atoms with E-state index in [0.717, 1.165) is 22.3 Å². The molecule has 0 atom stereocenters. The summed E-state index contributed by atoms with van der Waals surface area (Å²) in [5.41, 5.74) is 1.62. The van der Waals surface area contributed by atoms with Crippen LogP contribution < -0.4 is 5.56 Å². The zero-order valence-electron chi connectivity index (χ0n) is 15.1. The maximum absolute atomic E-state index is 12.7. The van der Waals surface area contributed by atoms with Gasteiger partial charge in [0.05, 0.1) is 22.5 Å². The molecule has 4 rings (SSSR count). The summed E-state index contributed by atoms with van der Waals surface area (Å²) in [5.74, 6) is 0.283. The van der Waals surface area contributed by atoms with Crippen molar-refractivity contribution in [2.75, 3.05) is 6.54 Å². The van der Waals surface area contributed by atoms with Gasteiger partial charge in [-0.05, 0) is 40.2 Å². The fourth-order valence-electron chi connectivity index (χ4n) is 3.30. The summed E-state index contributed by atoms with van der Waals surface area (Å²) in [7, 11) is 0. The van der Waals surface area contributed by atoms with E-state index in [4.69, 9.17) is 0 Å². The number of aromatic nitrogens is 3. The second-order valence-electron chi connectivity index (χ2n) is 6.84. The normalized spacial score (nSPS) is 14.6. The molecule has 0 aliphatic carbocycles. The van der Waals surface area contributed by atoms with Crippen LogP contribution in [-0.4, -0.2) is 26.4 Å². The van der Waals surface area contributed by atoms with Crippen molar-refractivity contribution in [3.05, 3.63) is 79.9 Å². The molecule has 3 heterocycles. The van der Waals surface area contributed by atoms with Crippen LogP contribution in [0.3, 0.4) is 0 Å². The summed E-state index contributed by atoms with van der Waals surface area (Å²) in [6, 6.07) is 8.47. The number of nitrogens with one attached hydrogen (secondary N) is 1. The second kappa shape index (κ2) is 7.72. The first-order valence-corrected chi connectivity index (χ1v) is 9.71. The summed E-state index contributed by atoms with van der Waals surface area (Å²) in [5, 5.41) is 0. The molecule has 0 fully saturated rings. The van der Waals surface area contributed by atoms with Gasteiger partial charge in [-0.15, -0.1) is 0 Å². The third-order valence-electron chi connectivity index (χ3n) is 4.81. The zero-order chi connectivity index (χ0) is 20.6. The summed E-state index contributed by atoms with van der Waals surface area (Å²) < 4.78 is 39.1. The van der Waals surface area contributed by atoms with E-state index in [9.17, 15) is 18.0 Å². The molecule has 0 saturated heterocycles.